The largest absolute Gasteiger partial charge is 0.449 e. The fourth-order valence-corrected chi connectivity index (χ4v) is 2.26. The van der Waals surface area contributed by atoms with Gasteiger partial charge >= 0.3 is 6.18 Å². The van der Waals surface area contributed by atoms with Crippen LogP contribution in [-0.2, 0) is 17.5 Å². The van der Waals surface area contributed by atoms with Gasteiger partial charge in [-0.1, -0.05) is 19.1 Å². The molecule has 1 amide bonds. The SMILES string of the molecule is CC(CCO)CNC(=O)Cn1c(C(F)(F)F)nc2ccccc21. The number of halogens is 3. The lowest BCUT2D eigenvalue weighted by molar-refractivity contribution is -0.147. The van der Waals surface area contributed by atoms with Crippen LogP contribution in [0, 0.1) is 5.92 Å². The molecule has 23 heavy (non-hydrogen) atoms. The van der Waals surface area contributed by atoms with Crippen molar-refractivity contribution in [1.82, 2.24) is 14.9 Å². The van der Waals surface area contributed by atoms with Crippen molar-refractivity contribution in [2.24, 2.45) is 5.92 Å². The topological polar surface area (TPSA) is 67.2 Å². The van der Waals surface area contributed by atoms with E-state index in [1.165, 1.54) is 12.1 Å². The highest BCUT2D eigenvalue weighted by Crippen LogP contribution is 2.31. The first kappa shape index (κ1) is 17.3. The second-order valence-corrected chi connectivity index (χ2v) is 5.43. The number of carbonyl (C=O) groups excluding carboxylic acids is 1. The zero-order valence-electron chi connectivity index (χ0n) is 12.6. The lowest BCUT2D eigenvalue weighted by Crippen LogP contribution is -2.32. The molecular formula is C15H18F3N3O2. The first-order valence-electron chi connectivity index (χ1n) is 7.23. The van der Waals surface area contributed by atoms with Gasteiger partial charge in [-0.3, -0.25) is 4.79 Å². The molecule has 0 aliphatic rings. The molecule has 5 nitrogen and oxygen atoms in total. The number of hydrogen-bond acceptors (Lipinski definition) is 3. The molecule has 1 aromatic carbocycles. The molecule has 2 N–H and O–H groups in total. The van der Waals surface area contributed by atoms with Crippen molar-refractivity contribution in [3.8, 4) is 0 Å². The van der Waals surface area contributed by atoms with Gasteiger partial charge in [0.25, 0.3) is 0 Å². The van der Waals surface area contributed by atoms with Gasteiger partial charge in [0.1, 0.15) is 6.54 Å². The minimum atomic E-state index is -4.64. The Balaban J connectivity index is 2.20. The van der Waals surface area contributed by atoms with Gasteiger partial charge in [-0.15, -0.1) is 0 Å². The van der Waals surface area contributed by atoms with E-state index in [2.05, 4.69) is 10.3 Å². The molecule has 126 valence electrons. The Morgan fingerprint density at radius 3 is 2.74 bits per heavy atom. The molecule has 0 saturated heterocycles. The number of rotatable bonds is 6. The fraction of sp³-hybridized carbons (Fsp3) is 0.467. The molecule has 1 aromatic heterocycles. The van der Waals surface area contributed by atoms with Crippen molar-refractivity contribution in [3.63, 3.8) is 0 Å². The third-order valence-corrected chi connectivity index (χ3v) is 3.48. The molecule has 0 aliphatic carbocycles. The summed E-state index contributed by atoms with van der Waals surface area (Å²) in [5, 5.41) is 11.4. The number of carbonyl (C=O) groups is 1. The van der Waals surface area contributed by atoms with Crippen LogP contribution in [0.2, 0.25) is 0 Å². The van der Waals surface area contributed by atoms with Gasteiger partial charge in [-0.05, 0) is 24.5 Å². The standard InChI is InChI=1S/C15H18F3N3O2/c1-10(6-7-22)8-19-13(23)9-21-12-5-3-2-4-11(12)20-14(21)15(16,17)18/h2-5,10,22H,6-9H2,1H3,(H,19,23). The number of para-hydroxylation sites is 2. The highest BCUT2D eigenvalue weighted by atomic mass is 19.4. The second-order valence-electron chi connectivity index (χ2n) is 5.43. The van der Waals surface area contributed by atoms with E-state index in [0.717, 1.165) is 4.57 Å². The Hall–Kier alpha value is -2.09. The smallest absolute Gasteiger partial charge is 0.396 e. The summed E-state index contributed by atoms with van der Waals surface area (Å²) in [7, 11) is 0. The van der Waals surface area contributed by atoms with Crippen molar-refractivity contribution in [2.45, 2.75) is 26.1 Å². The molecular weight excluding hydrogens is 311 g/mol. The number of aliphatic hydroxyl groups is 1. The Morgan fingerprint density at radius 2 is 2.09 bits per heavy atom. The van der Waals surface area contributed by atoms with Gasteiger partial charge in [0.05, 0.1) is 11.0 Å². The molecule has 0 saturated carbocycles. The summed E-state index contributed by atoms with van der Waals surface area (Å²) in [4.78, 5) is 15.5. The summed E-state index contributed by atoms with van der Waals surface area (Å²) in [6.45, 7) is 1.68. The van der Waals surface area contributed by atoms with Crippen LogP contribution in [0.25, 0.3) is 11.0 Å². The minimum absolute atomic E-state index is 0.00141. The van der Waals surface area contributed by atoms with Crippen molar-refractivity contribution in [1.29, 1.82) is 0 Å². The molecule has 0 aliphatic heterocycles. The van der Waals surface area contributed by atoms with Gasteiger partial charge in [0.2, 0.25) is 11.7 Å². The average molecular weight is 329 g/mol. The maximum atomic E-state index is 13.1. The maximum Gasteiger partial charge on any atom is 0.449 e. The predicted octanol–water partition coefficient (Wildman–Crippen LogP) is 2.19. The second kappa shape index (κ2) is 6.99. The van der Waals surface area contributed by atoms with Crippen molar-refractivity contribution in [3.05, 3.63) is 30.1 Å². The maximum absolute atomic E-state index is 13.1. The van der Waals surface area contributed by atoms with Crippen LogP contribution in [0.1, 0.15) is 19.2 Å². The zero-order chi connectivity index (χ0) is 17.0. The van der Waals surface area contributed by atoms with Crippen LogP contribution in [0.15, 0.2) is 24.3 Å². The molecule has 0 spiro atoms. The molecule has 2 aromatic rings. The number of alkyl halides is 3. The summed E-state index contributed by atoms with van der Waals surface area (Å²) in [5.74, 6) is -1.56. The summed E-state index contributed by atoms with van der Waals surface area (Å²) < 4.78 is 40.2. The van der Waals surface area contributed by atoms with Gasteiger partial charge in [0.15, 0.2) is 0 Å². The Kier molecular flexibility index (Phi) is 5.25. The van der Waals surface area contributed by atoms with Crippen LogP contribution in [0.5, 0.6) is 0 Å². The van der Waals surface area contributed by atoms with E-state index in [1.807, 2.05) is 6.92 Å². The summed E-state index contributed by atoms with van der Waals surface area (Å²) in [6.07, 6.45) is -4.12. The number of nitrogens with one attached hydrogen (secondary N) is 1. The van der Waals surface area contributed by atoms with Gasteiger partial charge in [-0.2, -0.15) is 13.2 Å². The van der Waals surface area contributed by atoms with E-state index >= 15 is 0 Å². The van der Waals surface area contributed by atoms with Crippen LogP contribution in [-0.4, -0.2) is 33.7 Å². The summed E-state index contributed by atoms with van der Waals surface area (Å²) in [6, 6.07) is 6.17. The first-order valence-corrected chi connectivity index (χ1v) is 7.23. The number of nitrogens with zero attached hydrogens (tertiary/aromatic N) is 2. The highest BCUT2D eigenvalue weighted by Gasteiger charge is 2.37. The Labute approximate surface area is 131 Å². The van der Waals surface area contributed by atoms with Gasteiger partial charge in [-0.25, -0.2) is 4.98 Å². The van der Waals surface area contributed by atoms with Crippen LogP contribution in [0.4, 0.5) is 13.2 Å². The monoisotopic (exact) mass is 329 g/mol. The number of amides is 1. The normalized spacial score (nSPS) is 13.3. The zero-order valence-corrected chi connectivity index (χ0v) is 12.6. The van der Waals surface area contributed by atoms with E-state index in [4.69, 9.17) is 5.11 Å². The molecule has 2 rings (SSSR count). The Morgan fingerprint density at radius 1 is 1.39 bits per heavy atom. The van der Waals surface area contributed by atoms with Gasteiger partial charge in [0, 0.05) is 13.2 Å². The van der Waals surface area contributed by atoms with Crippen LogP contribution in [0.3, 0.4) is 0 Å². The van der Waals surface area contributed by atoms with E-state index in [0.29, 0.717) is 13.0 Å². The number of benzene rings is 1. The molecule has 1 atom stereocenters. The van der Waals surface area contributed by atoms with Gasteiger partial charge < -0.3 is 15.0 Å². The Bertz CT molecular complexity index is 682. The third-order valence-electron chi connectivity index (χ3n) is 3.48. The first-order chi connectivity index (χ1) is 10.8. The number of aromatic nitrogens is 2. The minimum Gasteiger partial charge on any atom is -0.396 e. The van der Waals surface area contributed by atoms with Crippen molar-refractivity contribution >= 4 is 16.9 Å². The van der Waals surface area contributed by atoms with E-state index in [9.17, 15) is 18.0 Å². The van der Waals surface area contributed by atoms with Crippen molar-refractivity contribution < 1.29 is 23.1 Å². The number of imidazole rings is 1. The average Bonchev–Trinajstić information content (AvgIpc) is 2.85. The number of aliphatic hydroxyl groups excluding tert-OH is 1. The highest BCUT2D eigenvalue weighted by molar-refractivity contribution is 5.81. The molecule has 1 unspecified atom stereocenters. The number of hydrogen-bond donors (Lipinski definition) is 2. The quantitative estimate of drug-likeness (QED) is 0.854. The summed E-state index contributed by atoms with van der Waals surface area (Å²) >= 11 is 0. The third kappa shape index (κ3) is 4.22. The molecule has 0 bridgehead atoms. The van der Waals surface area contributed by atoms with Crippen molar-refractivity contribution in [2.75, 3.05) is 13.2 Å². The van der Waals surface area contributed by atoms with E-state index < -0.39 is 24.5 Å². The lowest BCUT2D eigenvalue weighted by Gasteiger charge is -2.14. The summed E-state index contributed by atoms with van der Waals surface area (Å²) in [5.41, 5.74) is 0.458. The molecule has 8 heteroatoms. The lowest BCUT2D eigenvalue weighted by atomic mass is 10.1. The number of fused-ring (bicyclic) bond motifs is 1. The molecule has 0 radical (unpaired) electrons. The van der Waals surface area contributed by atoms with Crippen LogP contribution >= 0.6 is 0 Å². The molecule has 1 heterocycles. The fourth-order valence-electron chi connectivity index (χ4n) is 2.26. The molecule has 0 fully saturated rings. The predicted molar refractivity (Wildman–Crippen MR) is 78.6 cm³/mol. The van der Waals surface area contributed by atoms with E-state index in [-0.39, 0.29) is 23.6 Å². The van der Waals surface area contributed by atoms with Crippen LogP contribution < -0.4 is 5.32 Å². The van der Waals surface area contributed by atoms with E-state index in [1.54, 1.807) is 12.1 Å².